The molecule has 0 spiro atoms. The van der Waals surface area contributed by atoms with Gasteiger partial charge in [0.05, 0.1) is 24.3 Å². The molecule has 1 fully saturated rings. The first-order valence-electron chi connectivity index (χ1n) is 6.29. The van der Waals surface area contributed by atoms with E-state index >= 15 is 0 Å². The number of carbonyl (C=O) groups excluding carboxylic acids is 3. The van der Waals surface area contributed by atoms with Crippen molar-refractivity contribution in [2.45, 2.75) is 0 Å². The Morgan fingerprint density at radius 3 is 2.82 bits per heavy atom. The first kappa shape index (κ1) is 16.4. The number of hydrogen-bond acceptors (Lipinski definition) is 5. The van der Waals surface area contributed by atoms with Crippen LogP contribution < -0.4 is 15.6 Å². The first-order valence-corrected chi connectivity index (χ1v) is 7.82. The molecule has 1 aromatic rings. The zero-order chi connectivity index (χ0) is 16.1. The quantitative estimate of drug-likeness (QED) is 0.783. The molecule has 1 heterocycles. The molecular formula is C13H14ClN3O4S. The van der Waals surface area contributed by atoms with Crippen molar-refractivity contribution < 1.29 is 19.1 Å². The van der Waals surface area contributed by atoms with Crippen molar-refractivity contribution in [3.63, 3.8) is 0 Å². The molecule has 0 aliphatic carbocycles. The molecule has 1 saturated heterocycles. The number of rotatable bonds is 4. The van der Waals surface area contributed by atoms with E-state index in [4.69, 9.17) is 16.3 Å². The van der Waals surface area contributed by atoms with Crippen LogP contribution in [0.4, 0.5) is 0 Å². The summed E-state index contributed by atoms with van der Waals surface area (Å²) < 4.78 is 5.06. The van der Waals surface area contributed by atoms with E-state index in [1.165, 1.54) is 29.8 Å². The number of methoxy groups -OCH3 is 1. The van der Waals surface area contributed by atoms with Crippen molar-refractivity contribution in [2.75, 3.05) is 25.3 Å². The Bertz CT molecular complexity index is 611. The topological polar surface area (TPSA) is 87.7 Å². The van der Waals surface area contributed by atoms with Gasteiger partial charge in [-0.3, -0.25) is 25.2 Å². The number of hydrogen-bond donors (Lipinski definition) is 2. The van der Waals surface area contributed by atoms with Gasteiger partial charge < -0.3 is 9.64 Å². The van der Waals surface area contributed by atoms with Gasteiger partial charge in [0.25, 0.3) is 11.8 Å². The Morgan fingerprint density at radius 2 is 2.18 bits per heavy atom. The third-order valence-corrected chi connectivity index (χ3v) is 4.06. The van der Waals surface area contributed by atoms with Gasteiger partial charge in [-0.2, -0.15) is 0 Å². The van der Waals surface area contributed by atoms with Gasteiger partial charge in [-0.05, 0) is 18.2 Å². The van der Waals surface area contributed by atoms with Crippen LogP contribution in [-0.4, -0.2) is 47.9 Å². The molecule has 0 unspecified atom stereocenters. The summed E-state index contributed by atoms with van der Waals surface area (Å²) in [4.78, 5) is 36.6. The third kappa shape index (κ3) is 4.05. The Morgan fingerprint density at radius 1 is 1.41 bits per heavy atom. The van der Waals surface area contributed by atoms with Crippen LogP contribution in [0.2, 0.25) is 5.02 Å². The Hall–Kier alpha value is -1.93. The fourth-order valence-corrected chi connectivity index (χ4v) is 2.88. The van der Waals surface area contributed by atoms with Crippen LogP contribution >= 0.6 is 23.4 Å². The van der Waals surface area contributed by atoms with Crippen LogP contribution in [0.3, 0.4) is 0 Å². The average molecular weight is 344 g/mol. The van der Waals surface area contributed by atoms with E-state index in [0.717, 1.165) is 0 Å². The number of halogens is 1. The molecule has 9 heteroatoms. The number of carbonyl (C=O) groups is 3. The molecule has 2 N–H and O–H groups in total. The summed E-state index contributed by atoms with van der Waals surface area (Å²) in [7, 11) is 1.43. The molecule has 1 aliphatic heterocycles. The van der Waals surface area contributed by atoms with Gasteiger partial charge in [0, 0.05) is 5.02 Å². The lowest BCUT2D eigenvalue weighted by Gasteiger charge is -2.15. The smallest absolute Gasteiger partial charge is 0.273 e. The van der Waals surface area contributed by atoms with Crippen LogP contribution in [0.1, 0.15) is 10.4 Å². The summed E-state index contributed by atoms with van der Waals surface area (Å²) in [5.74, 6) is 0.0482. The molecule has 118 valence electrons. The summed E-state index contributed by atoms with van der Waals surface area (Å²) in [6, 6.07) is 4.58. The minimum atomic E-state index is -0.560. The molecule has 0 atom stereocenters. The highest BCUT2D eigenvalue weighted by Crippen LogP contribution is 2.22. The largest absolute Gasteiger partial charge is 0.496 e. The van der Waals surface area contributed by atoms with Gasteiger partial charge in [0.15, 0.2) is 0 Å². The fraction of sp³-hybridized carbons (Fsp3) is 0.308. The molecule has 0 radical (unpaired) electrons. The molecule has 3 amide bonds. The monoisotopic (exact) mass is 343 g/mol. The van der Waals surface area contributed by atoms with E-state index in [-0.39, 0.29) is 18.0 Å². The van der Waals surface area contributed by atoms with Crippen molar-refractivity contribution in [2.24, 2.45) is 0 Å². The van der Waals surface area contributed by atoms with Gasteiger partial charge in [-0.15, -0.1) is 11.8 Å². The third-order valence-electron chi connectivity index (χ3n) is 2.88. The van der Waals surface area contributed by atoms with Crippen LogP contribution in [0.15, 0.2) is 18.2 Å². The van der Waals surface area contributed by atoms with Crippen LogP contribution in [0.25, 0.3) is 0 Å². The standard InChI is InChI=1S/C13H14ClN3O4S/c1-21-10-3-2-8(14)4-9(10)13(20)16-15-11(18)5-17-7-22-6-12(17)19/h2-4H,5-7H2,1H3,(H,15,18)(H,16,20). The van der Waals surface area contributed by atoms with Gasteiger partial charge in [-0.25, -0.2) is 0 Å². The lowest BCUT2D eigenvalue weighted by atomic mass is 10.2. The summed E-state index contributed by atoms with van der Waals surface area (Å²) >= 11 is 7.28. The minimum Gasteiger partial charge on any atom is -0.496 e. The number of benzene rings is 1. The molecular weight excluding hydrogens is 330 g/mol. The number of ether oxygens (including phenoxy) is 1. The number of hydrazine groups is 1. The second-order valence-electron chi connectivity index (χ2n) is 4.42. The maximum atomic E-state index is 12.0. The maximum Gasteiger partial charge on any atom is 0.273 e. The van der Waals surface area contributed by atoms with Crippen molar-refractivity contribution in [3.8, 4) is 5.75 Å². The van der Waals surface area contributed by atoms with E-state index < -0.39 is 11.8 Å². The van der Waals surface area contributed by atoms with E-state index in [1.807, 2.05) is 0 Å². The molecule has 7 nitrogen and oxygen atoms in total. The van der Waals surface area contributed by atoms with E-state index in [1.54, 1.807) is 12.1 Å². The zero-order valence-corrected chi connectivity index (χ0v) is 13.3. The van der Waals surface area contributed by atoms with Crippen molar-refractivity contribution in [1.29, 1.82) is 0 Å². The maximum absolute atomic E-state index is 12.0. The number of nitrogens with zero attached hydrogens (tertiary/aromatic N) is 1. The van der Waals surface area contributed by atoms with E-state index in [9.17, 15) is 14.4 Å². The molecule has 1 aliphatic rings. The summed E-state index contributed by atoms with van der Waals surface area (Å²) in [6.45, 7) is -0.0984. The molecule has 1 aromatic carbocycles. The molecule has 0 saturated carbocycles. The SMILES string of the molecule is COc1ccc(Cl)cc1C(=O)NNC(=O)CN1CSCC1=O. The average Bonchev–Trinajstić information content (AvgIpc) is 2.90. The van der Waals surface area contributed by atoms with Crippen LogP contribution in [0.5, 0.6) is 5.75 Å². The highest BCUT2D eigenvalue weighted by atomic mass is 35.5. The highest BCUT2D eigenvalue weighted by Gasteiger charge is 2.23. The van der Waals surface area contributed by atoms with Crippen LogP contribution in [-0.2, 0) is 9.59 Å². The Balaban J connectivity index is 1.91. The Kier molecular flexibility index (Phi) is 5.51. The van der Waals surface area contributed by atoms with Crippen molar-refractivity contribution in [1.82, 2.24) is 15.8 Å². The number of amides is 3. The van der Waals surface area contributed by atoms with Gasteiger partial charge >= 0.3 is 0 Å². The predicted octanol–water partition coefficient (Wildman–Crippen LogP) is 0.642. The second-order valence-corrected chi connectivity index (χ2v) is 5.81. The molecule has 0 bridgehead atoms. The van der Waals surface area contributed by atoms with E-state index in [2.05, 4.69) is 10.9 Å². The van der Waals surface area contributed by atoms with Crippen molar-refractivity contribution >= 4 is 41.1 Å². The Labute approximate surface area is 136 Å². The normalized spacial score (nSPS) is 13.9. The summed E-state index contributed by atoms with van der Waals surface area (Å²) in [5, 5.41) is 0.372. The van der Waals surface area contributed by atoms with Crippen LogP contribution in [0, 0.1) is 0 Å². The summed E-state index contributed by atoms with van der Waals surface area (Å²) in [5.41, 5.74) is 4.72. The number of nitrogens with one attached hydrogen (secondary N) is 2. The van der Waals surface area contributed by atoms with Gasteiger partial charge in [-0.1, -0.05) is 11.6 Å². The summed E-state index contributed by atoms with van der Waals surface area (Å²) in [6.07, 6.45) is 0. The lowest BCUT2D eigenvalue weighted by Crippen LogP contribution is -2.46. The zero-order valence-electron chi connectivity index (χ0n) is 11.7. The van der Waals surface area contributed by atoms with Gasteiger partial charge in [0.2, 0.25) is 5.91 Å². The van der Waals surface area contributed by atoms with E-state index in [0.29, 0.717) is 22.4 Å². The predicted molar refractivity (Wildman–Crippen MR) is 82.7 cm³/mol. The molecule has 2 rings (SSSR count). The van der Waals surface area contributed by atoms with Crippen molar-refractivity contribution in [3.05, 3.63) is 28.8 Å². The first-order chi connectivity index (χ1) is 10.5. The minimum absolute atomic E-state index is 0.0945. The highest BCUT2D eigenvalue weighted by molar-refractivity contribution is 8.00. The molecule has 0 aromatic heterocycles. The fourth-order valence-electron chi connectivity index (χ4n) is 1.80. The van der Waals surface area contributed by atoms with Gasteiger partial charge in [0.1, 0.15) is 12.3 Å². The second kappa shape index (κ2) is 7.37. The number of thioether (sulfide) groups is 1. The molecule has 22 heavy (non-hydrogen) atoms. The lowest BCUT2D eigenvalue weighted by molar-refractivity contribution is -0.132.